The van der Waals surface area contributed by atoms with Crippen LogP contribution < -0.4 is 16.4 Å². The summed E-state index contributed by atoms with van der Waals surface area (Å²) in [7, 11) is 2.01. The van der Waals surface area contributed by atoms with Gasteiger partial charge in [-0.05, 0) is 62.6 Å². The Bertz CT molecular complexity index is 1570. The first kappa shape index (κ1) is 27.9. The molecule has 4 N–H and O–H groups in total. The van der Waals surface area contributed by atoms with E-state index in [0.29, 0.717) is 35.5 Å². The number of likely N-dealkylation sites (tertiary alicyclic amines) is 1. The third-order valence-electron chi connectivity index (χ3n) is 8.42. The molecule has 4 heterocycles. The Morgan fingerprint density at radius 2 is 1.83 bits per heavy atom. The molecule has 13 nitrogen and oxygen atoms in total. The maximum atomic E-state index is 13.7. The van der Waals surface area contributed by atoms with Gasteiger partial charge >= 0.3 is 6.03 Å². The second kappa shape index (κ2) is 11.2. The molecule has 1 saturated carbocycles. The van der Waals surface area contributed by atoms with E-state index in [1.54, 1.807) is 46.2 Å². The number of nitrogens with one attached hydrogen (secondary N) is 2. The van der Waals surface area contributed by atoms with Gasteiger partial charge in [0.05, 0.1) is 5.52 Å². The van der Waals surface area contributed by atoms with Gasteiger partial charge < -0.3 is 31.1 Å². The van der Waals surface area contributed by atoms with Crippen molar-refractivity contribution in [2.75, 3.05) is 43.9 Å². The van der Waals surface area contributed by atoms with E-state index < -0.39 is 11.9 Å². The average molecular weight is 594 g/mol. The number of piperazine rings is 1. The van der Waals surface area contributed by atoms with E-state index >= 15 is 0 Å². The lowest BCUT2D eigenvalue weighted by Crippen LogP contribution is -2.52. The Balaban J connectivity index is 1.21. The lowest BCUT2D eigenvalue weighted by atomic mass is 9.97. The molecule has 220 valence electrons. The number of hydrogen-bond acceptors (Lipinski definition) is 7. The Labute approximate surface area is 246 Å². The number of aromatic nitrogens is 3. The number of hydrogen-bond donors (Lipinski definition) is 3. The molecule has 0 radical (unpaired) electrons. The largest absolute Gasteiger partial charge is 0.364 e. The molecule has 1 aromatic carbocycles. The SMILES string of the molecule is CN1CCN(C(=O)Nc2ccc3c(c2)c(C(N)=O)nn3CC(=O)N2[C@@H]3CC[C@@H](C3)[C@H]2C(=O)Nc2cccc(Cl)n2)CC1. The van der Waals surface area contributed by atoms with Crippen LogP contribution in [0, 0.1) is 5.92 Å². The van der Waals surface area contributed by atoms with Gasteiger partial charge in [0.15, 0.2) is 5.69 Å². The Kier molecular flexibility index (Phi) is 7.45. The van der Waals surface area contributed by atoms with Gasteiger partial charge in [0, 0.05) is 43.3 Å². The van der Waals surface area contributed by atoms with E-state index in [1.165, 1.54) is 4.68 Å². The lowest BCUT2D eigenvalue weighted by Gasteiger charge is -2.34. The maximum absolute atomic E-state index is 13.7. The molecule has 3 aromatic rings. The fourth-order valence-corrected chi connectivity index (χ4v) is 6.51. The van der Waals surface area contributed by atoms with Gasteiger partial charge in [-0.3, -0.25) is 19.1 Å². The van der Waals surface area contributed by atoms with Crippen LogP contribution >= 0.6 is 11.6 Å². The van der Waals surface area contributed by atoms with E-state index in [0.717, 1.165) is 32.4 Å². The summed E-state index contributed by atoms with van der Waals surface area (Å²) >= 11 is 5.97. The number of piperidine rings is 1. The van der Waals surface area contributed by atoms with E-state index in [4.69, 9.17) is 17.3 Å². The topological polar surface area (TPSA) is 159 Å². The van der Waals surface area contributed by atoms with E-state index in [2.05, 4.69) is 25.6 Å². The average Bonchev–Trinajstić information content (AvgIpc) is 3.67. The molecule has 2 saturated heterocycles. The summed E-state index contributed by atoms with van der Waals surface area (Å²) in [5.41, 5.74) is 6.65. The van der Waals surface area contributed by atoms with Crippen molar-refractivity contribution in [3.8, 4) is 0 Å². The van der Waals surface area contributed by atoms with Crippen LogP contribution in [0.2, 0.25) is 5.15 Å². The van der Waals surface area contributed by atoms with Gasteiger partial charge in [-0.25, -0.2) is 9.78 Å². The highest BCUT2D eigenvalue weighted by Gasteiger charge is 2.51. The fourth-order valence-electron chi connectivity index (χ4n) is 6.34. The van der Waals surface area contributed by atoms with Crippen molar-refractivity contribution in [1.29, 1.82) is 0 Å². The van der Waals surface area contributed by atoms with Gasteiger partial charge in [0.2, 0.25) is 11.8 Å². The zero-order valence-electron chi connectivity index (χ0n) is 23.1. The molecule has 0 spiro atoms. The molecule has 2 aliphatic heterocycles. The van der Waals surface area contributed by atoms with Crippen molar-refractivity contribution >= 4 is 57.8 Å². The number of nitrogens with two attached hydrogens (primary N) is 1. The summed E-state index contributed by atoms with van der Waals surface area (Å²) in [5, 5.41) is 10.7. The summed E-state index contributed by atoms with van der Waals surface area (Å²) in [6.07, 6.45) is 2.42. The maximum Gasteiger partial charge on any atom is 0.321 e. The van der Waals surface area contributed by atoms with Gasteiger partial charge in [-0.15, -0.1) is 0 Å². The second-order valence-corrected chi connectivity index (χ2v) is 11.5. The molecular weight excluding hydrogens is 562 g/mol. The number of rotatable bonds is 6. The molecule has 1 aliphatic carbocycles. The minimum absolute atomic E-state index is 0.00207. The molecule has 0 unspecified atom stereocenters. The molecule has 3 aliphatic rings. The first-order valence-electron chi connectivity index (χ1n) is 14.0. The fraction of sp³-hybridized carbons (Fsp3) is 0.429. The molecule has 14 heteroatoms. The summed E-state index contributed by atoms with van der Waals surface area (Å²) in [6, 6.07) is 9.07. The van der Waals surface area contributed by atoms with Crippen LogP contribution in [0.25, 0.3) is 10.9 Å². The number of pyridine rings is 1. The number of halogens is 1. The lowest BCUT2D eigenvalue weighted by molar-refractivity contribution is -0.141. The monoisotopic (exact) mass is 593 g/mol. The van der Waals surface area contributed by atoms with Crippen molar-refractivity contribution in [3.05, 3.63) is 47.2 Å². The Morgan fingerprint density at radius 3 is 2.57 bits per heavy atom. The van der Waals surface area contributed by atoms with E-state index in [9.17, 15) is 19.2 Å². The van der Waals surface area contributed by atoms with Gasteiger partial charge in [-0.2, -0.15) is 5.10 Å². The number of nitrogens with zero attached hydrogens (tertiary/aromatic N) is 6. The number of urea groups is 1. The summed E-state index contributed by atoms with van der Waals surface area (Å²) < 4.78 is 1.43. The number of likely N-dealkylation sites (N-methyl/N-ethyl adjacent to an activating group) is 1. The molecule has 2 bridgehead atoms. The predicted octanol–water partition coefficient (Wildman–Crippen LogP) is 1.98. The van der Waals surface area contributed by atoms with Crippen molar-refractivity contribution < 1.29 is 19.2 Å². The van der Waals surface area contributed by atoms with Crippen molar-refractivity contribution in [1.82, 2.24) is 29.5 Å². The van der Waals surface area contributed by atoms with Crippen LogP contribution in [0.15, 0.2) is 36.4 Å². The van der Waals surface area contributed by atoms with Crippen molar-refractivity contribution in [2.45, 2.75) is 37.9 Å². The quantitative estimate of drug-likeness (QED) is 0.369. The number of carbonyl (C=O) groups is 4. The standard InChI is InChI=1S/C28H32ClN9O4/c1-35-9-11-36(12-10-35)28(42)31-17-6-8-20-19(14-17)24(26(30)40)34-37(20)15-23(39)38-18-7-5-16(13-18)25(38)27(41)33-22-4-2-3-21(29)32-22/h2-4,6,8,14,16,18,25H,5,7,9-13,15H2,1H3,(H2,30,40)(H,31,42)(H,32,33,41)/t16-,18+,25-/m0/s1. The Morgan fingerprint density at radius 1 is 1.05 bits per heavy atom. The highest BCUT2D eigenvalue weighted by atomic mass is 35.5. The smallest absolute Gasteiger partial charge is 0.321 e. The van der Waals surface area contributed by atoms with Gasteiger partial charge in [0.25, 0.3) is 5.91 Å². The molecule has 3 fully saturated rings. The second-order valence-electron chi connectivity index (χ2n) is 11.1. The molecular formula is C28H32ClN9O4. The normalized spacial score (nSPS) is 22.0. The molecule has 2 aromatic heterocycles. The number of anilines is 2. The highest BCUT2D eigenvalue weighted by Crippen LogP contribution is 2.43. The molecule has 6 rings (SSSR count). The van der Waals surface area contributed by atoms with Crippen LogP contribution in [-0.4, -0.2) is 98.5 Å². The summed E-state index contributed by atoms with van der Waals surface area (Å²) in [5.74, 6) is -0.980. The van der Waals surface area contributed by atoms with Crippen LogP contribution in [0.3, 0.4) is 0 Å². The molecule has 5 amide bonds. The third-order valence-corrected chi connectivity index (χ3v) is 8.63. The first-order chi connectivity index (χ1) is 20.2. The van der Waals surface area contributed by atoms with Crippen molar-refractivity contribution in [2.24, 2.45) is 11.7 Å². The predicted molar refractivity (Wildman–Crippen MR) is 156 cm³/mol. The summed E-state index contributed by atoms with van der Waals surface area (Å²) in [4.78, 5) is 61.8. The Hall–Kier alpha value is -4.23. The minimum Gasteiger partial charge on any atom is -0.364 e. The molecule has 42 heavy (non-hydrogen) atoms. The van der Waals surface area contributed by atoms with E-state index in [1.807, 2.05) is 7.05 Å². The number of carbonyl (C=O) groups excluding carboxylic acids is 4. The van der Waals surface area contributed by atoms with Crippen molar-refractivity contribution in [3.63, 3.8) is 0 Å². The van der Waals surface area contributed by atoms with E-state index in [-0.39, 0.29) is 47.2 Å². The highest BCUT2D eigenvalue weighted by molar-refractivity contribution is 6.29. The van der Waals surface area contributed by atoms with Crippen LogP contribution in [0.1, 0.15) is 29.8 Å². The van der Waals surface area contributed by atoms with Gasteiger partial charge in [-0.1, -0.05) is 17.7 Å². The summed E-state index contributed by atoms with van der Waals surface area (Å²) in [6.45, 7) is 2.63. The number of fused-ring (bicyclic) bond motifs is 3. The third kappa shape index (κ3) is 5.37. The van der Waals surface area contributed by atoms with Crippen LogP contribution in [-0.2, 0) is 16.1 Å². The van der Waals surface area contributed by atoms with Crippen LogP contribution in [0.4, 0.5) is 16.3 Å². The number of amides is 5. The van der Waals surface area contributed by atoms with Crippen LogP contribution in [0.5, 0.6) is 0 Å². The zero-order valence-corrected chi connectivity index (χ0v) is 23.9. The first-order valence-corrected chi connectivity index (χ1v) is 14.3. The zero-order chi connectivity index (χ0) is 29.5. The molecule has 3 atom stereocenters. The number of benzene rings is 1. The minimum atomic E-state index is -0.750. The number of primary amides is 1. The van der Waals surface area contributed by atoms with Gasteiger partial charge in [0.1, 0.15) is 23.6 Å².